The van der Waals surface area contributed by atoms with Gasteiger partial charge in [-0.1, -0.05) is 19.1 Å². The Labute approximate surface area is 231 Å². The van der Waals surface area contributed by atoms with Crippen molar-refractivity contribution < 1.29 is 22.4 Å². The molecule has 1 amide bonds. The minimum Gasteiger partial charge on any atom is -0.336 e. The Bertz CT molecular complexity index is 1330. The first-order valence-corrected chi connectivity index (χ1v) is 13.9. The van der Waals surface area contributed by atoms with Crippen molar-refractivity contribution in [1.29, 1.82) is 0 Å². The van der Waals surface area contributed by atoms with Crippen molar-refractivity contribution in [2.24, 2.45) is 0 Å². The molecule has 2 fully saturated rings. The maximum absolute atomic E-state index is 16.9. The van der Waals surface area contributed by atoms with Gasteiger partial charge < -0.3 is 5.32 Å². The summed E-state index contributed by atoms with van der Waals surface area (Å²) in [5.41, 5.74) is 0.416. The third-order valence-corrected chi connectivity index (χ3v) is 8.03. The third kappa shape index (κ3) is 5.47. The molecule has 5 rings (SSSR count). The van der Waals surface area contributed by atoms with Crippen molar-refractivity contribution in [1.82, 2.24) is 25.1 Å². The second-order valence-electron chi connectivity index (χ2n) is 10.4. The monoisotopic (exact) mass is 555 g/mol. The van der Waals surface area contributed by atoms with Crippen LogP contribution < -0.4 is 5.32 Å². The fourth-order valence-corrected chi connectivity index (χ4v) is 6.08. The number of rotatable bonds is 7. The SMILES string of the molecule is CCC(NC(=O)c1c(-c2ccncn2)ccc(F)c1F)N1CCCCC1N1CCCCC1(F)c1ccc(F)cc1. The van der Waals surface area contributed by atoms with Crippen molar-refractivity contribution >= 4 is 5.91 Å². The molecule has 6 nitrogen and oxygen atoms in total. The molecule has 2 aromatic carbocycles. The fourth-order valence-electron chi connectivity index (χ4n) is 6.08. The zero-order valence-electron chi connectivity index (χ0n) is 22.4. The maximum atomic E-state index is 16.9. The summed E-state index contributed by atoms with van der Waals surface area (Å²) in [6.45, 7) is 3.00. The lowest BCUT2D eigenvalue weighted by molar-refractivity contribution is -0.154. The van der Waals surface area contributed by atoms with Crippen LogP contribution in [0.5, 0.6) is 0 Å². The van der Waals surface area contributed by atoms with Gasteiger partial charge in [0.2, 0.25) is 0 Å². The molecule has 0 radical (unpaired) electrons. The molecule has 0 saturated carbocycles. The molecule has 3 atom stereocenters. The van der Waals surface area contributed by atoms with E-state index in [2.05, 4.69) is 20.2 Å². The summed E-state index contributed by atoms with van der Waals surface area (Å²) in [4.78, 5) is 25.4. The van der Waals surface area contributed by atoms with Crippen molar-refractivity contribution in [2.45, 2.75) is 70.0 Å². The van der Waals surface area contributed by atoms with Crippen LogP contribution in [0.4, 0.5) is 17.6 Å². The predicted octanol–water partition coefficient (Wildman–Crippen LogP) is 6.15. The molecule has 40 heavy (non-hydrogen) atoms. The topological polar surface area (TPSA) is 61.4 Å². The largest absolute Gasteiger partial charge is 0.336 e. The smallest absolute Gasteiger partial charge is 0.256 e. The number of carbonyl (C=O) groups is 1. The van der Waals surface area contributed by atoms with E-state index in [1.165, 1.54) is 48.9 Å². The molecule has 2 saturated heterocycles. The average Bonchev–Trinajstić information content (AvgIpc) is 2.98. The van der Waals surface area contributed by atoms with E-state index < -0.39 is 40.9 Å². The Morgan fingerprint density at radius 1 is 1.05 bits per heavy atom. The van der Waals surface area contributed by atoms with Crippen molar-refractivity contribution in [2.75, 3.05) is 13.1 Å². The van der Waals surface area contributed by atoms with E-state index in [1.54, 1.807) is 0 Å². The van der Waals surface area contributed by atoms with Gasteiger partial charge in [-0.3, -0.25) is 14.6 Å². The Morgan fingerprint density at radius 3 is 2.55 bits per heavy atom. The molecular weight excluding hydrogens is 522 g/mol. The number of amides is 1. The van der Waals surface area contributed by atoms with Gasteiger partial charge in [0.1, 0.15) is 12.1 Å². The van der Waals surface area contributed by atoms with Crippen molar-refractivity contribution in [3.63, 3.8) is 0 Å². The molecule has 10 heteroatoms. The van der Waals surface area contributed by atoms with E-state index in [4.69, 9.17) is 0 Å². The van der Waals surface area contributed by atoms with E-state index in [9.17, 15) is 13.6 Å². The van der Waals surface area contributed by atoms with Gasteiger partial charge in [-0.2, -0.15) is 0 Å². The number of nitrogens with one attached hydrogen (secondary N) is 1. The summed E-state index contributed by atoms with van der Waals surface area (Å²) in [6, 6.07) is 9.37. The summed E-state index contributed by atoms with van der Waals surface area (Å²) >= 11 is 0. The van der Waals surface area contributed by atoms with Crippen LogP contribution in [0.1, 0.15) is 67.8 Å². The molecule has 0 aliphatic carbocycles. The zero-order valence-corrected chi connectivity index (χ0v) is 22.4. The van der Waals surface area contributed by atoms with Gasteiger partial charge in [-0.15, -0.1) is 0 Å². The first-order chi connectivity index (χ1) is 19.3. The summed E-state index contributed by atoms with van der Waals surface area (Å²) in [5, 5.41) is 2.91. The lowest BCUT2D eigenvalue weighted by Gasteiger charge is -2.52. The maximum Gasteiger partial charge on any atom is 0.256 e. The molecule has 3 heterocycles. The van der Waals surface area contributed by atoms with Gasteiger partial charge in [-0.05, 0) is 75.3 Å². The van der Waals surface area contributed by atoms with E-state index in [-0.39, 0.29) is 23.8 Å². The Balaban J connectivity index is 1.45. The van der Waals surface area contributed by atoms with Crippen LogP contribution in [0.15, 0.2) is 55.0 Å². The second kappa shape index (κ2) is 12.0. The highest BCUT2D eigenvalue weighted by atomic mass is 19.2. The number of hydrogen-bond donors (Lipinski definition) is 1. The van der Waals surface area contributed by atoms with Gasteiger partial charge in [0, 0.05) is 30.4 Å². The number of piperidine rings is 2. The van der Waals surface area contributed by atoms with E-state index >= 15 is 8.78 Å². The number of halogens is 4. The highest BCUT2D eigenvalue weighted by Crippen LogP contribution is 2.43. The van der Waals surface area contributed by atoms with E-state index in [1.807, 2.05) is 11.8 Å². The Morgan fingerprint density at radius 2 is 1.82 bits per heavy atom. The molecule has 1 N–H and O–H groups in total. The first kappa shape index (κ1) is 28.2. The van der Waals surface area contributed by atoms with Crippen LogP contribution >= 0.6 is 0 Å². The first-order valence-electron chi connectivity index (χ1n) is 13.9. The van der Waals surface area contributed by atoms with Gasteiger partial charge >= 0.3 is 0 Å². The minimum atomic E-state index is -1.79. The Kier molecular flexibility index (Phi) is 8.46. The average molecular weight is 556 g/mol. The highest BCUT2D eigenvalue weighted by molar-refractivity contribution is 6.00. The number of aromatic nitrogens is 2. The lowest BCUT2D eigenvalue weighted by Crippen LogP contribution is -2.63. The van der Waals surface area contributed by atoms with E-state index in [0.717, 1.165) is 25.3 Å². The van der Waals surface area contributed by atoms with Gasteiger partial charge in [0.25, 0.3) is 5.91 Å². The van der Waals surface area contributed by atoms with Crippen molar-refractivity contribution in [3.05, 3.63) is 83.6 Å². The molecular formula is C30H33F4N5O. The van der Waals surface area contributed by atoms with Gasteiger partial charge in [-0.25, -0.2) is 27.5 Å². The zero-order chi connectivity index (χ0) is 28.3. The summed E-state index contributed by atoms with van der Waals surface area (Å²) in [6.07, 6.45) is 6.52. The summed E-state index contributed by atoms with van der Waals surface area (Å²) in [5.74, 6) is -5.38. The number of benzene rings is 2. The molecule has 3 aromatic rings. The normalized spacial score (nSPS) is 23.1. The molecule has 2 aliphatic rings. The number of alkyl halides is 1. The minimum absolute atomic E-state index is 0.152. The molecule has 1 aromatic heterocycles. The van der Waals surface area contributed by atoms with Crippen molar-refractivity contribution in [3.8, 4) is 11.3 Å². The second-order valence-corrected chi connectivity index (χ2v) is 10.4. The quantitative estimate of drug-likeness (QED) is 0.280. The predicted molar refractivity (Wildman–Crippen MR) is 143 cm³/mol. The molecule has 212 valence electrons. The van der Waals surface area contributed by atoms with Crippen LogP contribution in [-0.2, 0) is 5.79 Å². The lowest BCUT2D eigenvalue weighted by atomic mass is 9.90. The summed E-state index contributed by atoms with van der Waals surface area (Å²) in [7, 11) is 0. The van der Waals surface area contributed by atoms with Gasteiger partial charge in [0.15, 0.2) is 17.4 Å². The Hall–Kier alpha value is -3.37. The number of hydrogen-bond acceptors (Lipinski definition) is 5. The van der Waals surface area contributed by atoms with Gasteiger partial charge in [0.05, 0.1) is 23.6 Å². The highest BCUT2D eigenvalue weighted by Gasteiger charge is 2.47. The third-order valence-electron chi connectivity index (χ3n) is 8.03. The number of carbonyl (C=O) groups excluding carboxylic acids is 1. The standard InChI is InChI=1S/C30H33F4N5O/c1-2-25(37-29(40)27-22(12-13-23(32)28(27)33)24-14-16-35-19-36-24)38-17-5-3-7-26(38)39-18-6-4-15-30(39,34)20-8-10-21(31)11-9-20/h8-14,16,19,25-26H,2-7,15,17-18H2,1H3,(H,37,40). The number of nitrogens with zero attached hydrogens (tertiary/aromatic N) is 4. The molecule has 0 spiro atoms. The van der Waals surface area contributed by atoms with Crippen LogP contribution in [0.2, 0.25) is 0 Å². The van der Waals surface area contributed by atoms with Crippen LogP contribution in [0, 0.1) is 17.5 Å². The summed E-state index contributed by atoms with van der Waals surface area (Å²) < 4.78 is 60.0. The van der Waals surface area contributed by atoms with Crippen LogP contribution in [0.25, 0.3) is 11.3 Å². The molecule has 2 aliphatic heterocycles. The molecule has 3 unspecified atom stereocenters. The molecule has 0 bridgehead atoms. The van der Waals surface area contributed by atoms with E-state index in [0.29, 0.717) is 37.9 Å². The number of likely N-dealkylation sites (tertiary alicyclic amines) is 2. The van der Waals surface area contributed by atoms with Crippen LogP contribution in [0.3, 0.4) is 0 Å². The fraction of sp³-hybridized carbons (Fsp3) is 0.433. The van der Waals surface area contributed by atoms with Crippen LogP contribution in [-0.4, -0.2) is 51.1 Å².